The van der Waals surface area contributed by atoms with Crippen molar-refractivity contribution in [3.63, 3.8) is 0 Å². The summed E-state index contributed by atoms with van der Waals surface area (Å²) >= 11 is 0. The molecular weight excluding hydrogens is 386 g/mol. The highest BCUT2D eigenvalue weighted by atomic mass is 32.2. The molecule has 3 rings (SSSR count). The Bertz CT molecular complexity index is 999. The van der Waals surface area contributed by atoms with Crippen LogP contribution in [0.25, 0.3) is 0 Å². The third kappa shape index (κ3) is 5.03. The lowest BCUT2D eigenvalue weighted by Crippen LogP contribution is -2.42. The zero-order valence-corrected chi connectivity index (χ0v) is 17.4. The Morgan fingerprint density at radius 3 is 2.21 bits per heavy atom. The Hall–Kier alpha value is -2.69. The summed E-state index contributed by atoms with van der Waals surface area (Å²) < 4.78 is 27.4. The number of hydrogen-bond donors (Lipinski definition) is 1. The smallest absolute Gasteiger partial charge is 0.255 e. The normalized spacial score (nSPS) is 20.0. The fourth-order valence-electron chi connectivity index (χ4n) is 3.73. The van der Waals surface area contributed by atoms with Crippen molar-refractivity contribution in [2.24, 2.45) is 11.8 Å². The number of carbonyl (C=O) groups excluding carboxylic acids is 1. The van der Waals surface area contributed by atoms with Crippen molar-refractivity contribution in [3.8, 4) is 6.07 Å². The van der Waals surface area contributed by atoms with Crippen LogP contribution in [0.1, 0.15) is 36.2 Å². The standard InChI is InChI=1S/C22H25N3O3S/c1-16-13-17(2)15-25(14-16)29(27,28)21-9-5-19(6-10-21)22(26)24-20-7-3-18(4-8-20)11-12-23/h3-10,16-17H,11,13-15H2,1-2H3,(H,24,26)/t16-,17-/m1/s1. The van der Waals surface area contributed by atoms with Crippen LogP contribution in [-0.2, 0) is 16.4 Å². The van der Waals surface area contributed by atoms with Gasteiger partial charge in [-0.05, 0) is 60.2 Å². The molecule has 1 saturated heterocycles. The molecule has 29 heavy (non-hydrogen) atoms. The number of sulfonamides is 1. The van der Waals surface area contributed by atoms with Crippen LogP contribution in [0.3, 0.4) is 0 Å². The van der Waals surface area contributed by atoms with Crippen molar-refractivity contribution >= 4 is 21.6 Å². The monoisotopic (exact) mass is 411 g/mol. The third-order valence-corrected chi connectivity index (χ3v) is 6.93. The molecule has 1 aliphatic heterocycles. The molecule has 2 aromatic rings. The van der Waals surface area contributed by atoms with E-state index >= 15 is 0 Å². The summed E-state index contributed by atoms with van der Waals surface area (Å²) in [6.45, 7) is 5.18. The van der Waals surface area contributed by atoms with Gasteiger partial charge in [0.1, 0.15) is 0 Å². The molecule has 0 radical (unpaired) electrons. The van der Waals surface area contributed by atoms with Gasteiger partial charge in [0.25, 0.3) is 5.91 Å². The first-order valence-electron chi connectivity index (χ1n) is 9.67. The third-order valence-electron chi connectivity index (χ3n) is 5.08. The highest BCUT2D eigenvalue weighted by Crippen LogP contribution is 2.26. The fraction of sp³-hybridized carbons (Fsp3) is 0.364. The molecule has 0 aromatic heterocycles. The van der Waals surface area contributed by atoms with Crippen LogP contribution in [0.5, 0.6) is 0 Å². The zero-order valence-electron chi connectivity index (χ0n) is 16.6. The molecular formula is C22H25N3O3S. The molecule has 6 nitrogen and oxygen atoms in total. The lowest BCUT2D eigenvalue weighted by molar-refractivity contribution is 0.102. The van der Waals surface area contributed by atoms with Crippen molar-refractivity contribution in [3.05, 3.63) is 59.7 Å². The van der Waals surface area contributed by atoms with Gasteiger partial charge in [-0.2, -0.15) is 9.57 Å². The highest BCUT2D eigenvalue weighted by Gasteiger charge is 2.31. The van der Waals surface area contributed by atoms with E-state index in [4.69, 9.17) is 5.26 Å². The first-order chi connectivity index (χ1) is 13.8. The van der Waals surface area contributed by atoms with Gasteiger partial charge in [-0.25, -0.2) is 8.42 Å². The van der Waals surface area contributed by atoms with Gasteiger partial charge in [0, 0.05) is 24.3 Å². The van der Waals surface area contributed by atoms with Crippen molar-refractivity contribution < 1.29 is 13.2 Å². The van der Waals surface area contributed by atoms with E-state index in [0.717, 1.165) is 12.0 Å². The number of piperidine rings is 1. The summed E-state index contributed by atoms with van der Waals surface area (Å²) in [5, 5.41) is 11.5. The van der Waals surface area contributed by atoms with Gasteiger partial charge < -0.3 is 5.32 Å². The second-order valence-electron chi connectivity index (χ2n) is 7.78. The number of amides is 1. The number of rotatable bonds is 5. The topological polar surface area (TPSA) is 90.3 Å². The molecule has 1 N–H and O–H groups in total. The Balaban J connectivity index is 1.70. The summed E-state index contributed by atoms with van der Waals surface area (Å²) in [7, 11) is -3.56. The second-order valence-corrected chi connectivity index (χ2v) is 9.72. The fourth-order valence-corrected chi connectivity index (χ4v) is 5.41. The van der Waals surface area contributed by atoms with E-state index in [1.165, 1.54) is 24.3 Å². The summed E-state index contributed by atoms with van der Waals surface area (Å²) in [6.07, 6.45) is 1.35. The van der Waals surface area contributed by atoms with Gasteiger partial charge in [0.15, 0.2) is 0 Å². The van der Waals surface area contributed by atoms with E-state index in [2.05, 4.69) is 25.2 Å². The van der Waals surface area contributed by atoms with Crippen LogP contribution in [-0.4, -0.2) is 31.7 Å². The lowest BCUT2D eigenvalue weighted by atomic mass is 9.94. The van der Waals surface area contributed by atoms with E-state index in [1.54, 1.807) is 28.6 Å². The van der Waals surface area contributed by atoms with E-state index in [0.29, 0.717) is 42.6 Å². The molecule has 0 unspecified atom stereocenters. The minimum absolute atomic E-state index is 0.205. The van der Waals surface area contributed by atoms with Gasteiger partial charge in [-0.3, -0.25) is 4.79 Å². The van der Waals surface area contributed by atoms with Crippen LogP contribution in [0.2, 0.25) is 0 Å². The number of benzene rings is 2. The molecule has 0 spiro atoms. The van der Waals surface area contributed by atoms with Crippen LogP contribution in [0.15, 0.2) is 53.4 Å². The van der Waals surface area contributed by atoms with Crippen LogP contribution in [0.4, 0.5) is 5.69 Å². The average Bonchev–Trinajstić information content (AvgIpc) is 2.69. The van der Waals surface area contributed by atoms with Gasteiger partial charge in [-0.15, -0.1) is 0 Å². The van der Waals surface area contributed by atoms with E-state index in [-0.39, 0.29) is 10.8 Å². The molecule has 7 heteroatoms. The lowest BCUT2D eigenvalue weighted by Gasteiger charge is -2.34. The molecule has 1 amide bonds. The Morgan fingerprint density at radius 2 is 1.66 bits per heavy atom. The largest absolute Gasteiger partial charge is 0.322 e. The Morgan fingerprint density at radius 1 is 1.07 bits per heavy atom. The number of anilines is 1. The van der Waals surface area contributed by atoms with Crippen LogP contribution < -0.4 is 5.32 Å². The van der Waals surface area contributed by atoms with E-state index in [9.17, 15) is 13.2 Å². The maximum absolute atomic E-state index is 12.9. The van der Waals surface area contributed by atoms with Crippen molar-refractivity contribution in [2.45, 2.75) is 31.6 Å². The Labute approximate surface area is 172 Å². The number of nitriles is 1. The minimum atomic E-state index is -3.56. The molecule has 0 saturated carbocycles. The van der Waals surface area contributed by atoms with Gasteiger partial charge in [0.2, 0.25) is 10.0 Å². The minimum Gasteiger partial charge on any atom is -0.322 e. The molecule has 1 heterocycles. The summed E-state index contributed by atoms with van der Waals surface area (Å²) in [5.41, 5.74) is 1.87. The predicted octanol–water partition coefficient (Wildman–Crippen LogP) is 3.67. The molecule has 1 aliphatic rings. The van der Waals surface area contributed by atoms with Crippen LogP contribution >= 0.6 is 0 Å². The molecule has 0 aliphatic carbocycles. The van der Waals surface area contributed by atoms with Gasteiger partial charge >= 0.3 is 0 Å². The van der Waals surface area contributed by atoms with E-state index in [1.807, 2.05) is 0 Å². The number of nitrogens with one attached hydrogen (secondary N) is 1. The molecule has 1 fully saturated rings. The summed E-state index contributed by atoms with van der Waals surface area (Å²) in [5.74, 6) is 0.346. The number of nitrogens with zero attached hydrogens (tertiary/aromatic N) is 2. The average molecular weight is 412 g/mol. The van der Waals surface area contributed by atoms with E-state index < -0.39 is 10.0 Å². The number of carbonyl (C=O) groups is 1. The van der Waals surface area contributed by atoms with Crippen molar-refractivity contribution in [2.75, 3.05) is 18.4 Å². The SMILES string of the molecule is C[C@@H]1C[C@@H](C)CN(S(=O)(=O)c2ccc(C(=O)Nc3ccc(CC#N)cc3)cc2)C1. The molecule has 152 valence electrons. The Kier molecular flexibility index (Phi) is 6.36. The summed E-state index contributed by atoms with van der Waals surface area (Å²) in [4.78, 5) is 12.7. The maximum Gasteiger partial charge on any atom is 0.255 e. The quantitative estimate of drug-likeness (QED) is 0.813. The molecule has 2 aromatic carbocycles. The molecule has 2 atom stereocenters. The van der Waals surface area contributed by atoms with Crippen LogP contribution in [0, 0.1) is 23.2 Å². The van der Waals surface area contributed by atoms with Gasteiger partial charge in [0.05, 0.1) is 17.4 Å². The summed E-state index contributed by atoms with van der Waals surface area (Å²) in [6, 6.07) is 15.2. The maximum atomic E-state index is 12.9. The first-order valence-corrected chi connectivity index (χ1v) is 11.1. The first kappa shape index (κ1) is 21.0. The number of hydrogen-bond acceptors (Lipinski definition) is 4. The zero-order chi connectivity index (χ0) is 21.0. The van der Waals surface area contributed by atoms with Crippen molar-refractivity contribution in [1.82, 2.24) is 4.31 Å². The predicted molar refractivity (Wildman–Crippen MR) is 112 cm³/mol. The molecule has 0 bridgehead atoms. The highest BCUT2D eigenvalue weighted by molar-refractivity contribution is 7.89. The van der Waals surface area contributed by atoms with Gasteiger partial charge in [-0.1, -0.05) is 26.0 Å². The van der Waals surface area contributed by atoms with Crippen molar-refractivity contribution in [1.29, 1.82) is 5.26 Å². The second kappa shape index (κ2) is 8.76.